The molecule has 250 valence electrons. The first kappa shape index (κ1) is 33.2. The van der Waals surface area contributed by atoms with Crippen LogP contribution >= 0.6 is 11.6 Å². The first-order chi connectivity index (χ1) is 23.4. The number of carbonyl (C=O) groups excluding carboxylic acids is 3. The highest BCUT2D eigenvalue weighted by Crippen LogP contribution is 2.24. The standard InChI is InChI=1S/C39H42ClN5O3.H2/c1-43(20-19-28-9-3-2-4-10-28)38(47)33-13-7-8-14-36(33)44-21-23-45(24-22-44)39(48)35(25-29-15-17-32(40)18-16-29)42-37(46)34-26-30-11-5-6-12-31(30)27-41-34;/h2-18,34-35,41H,19-27H2,1H3,(H,42,46);1H/t34-,35+;/m0./s1. The highest BCUT2D eigenvalue weighted by molar-refractivity contribution is 6.30. The van der Waals surface area contributed by atoms with Gasteiger partial charge in [0.25, 0.3) is 5.91 Å². The number of anilines is 1. The summed E-state index contributed by atoms with van der Waals surface area (Å²) in [4.78, 5) is 47.0. The second-order valence-electron chi connectivity index (χ2n) is 12.6. The van der Waals surface area contributed by atoms with Crippen molar-refractivity contribution in [3.8, 4) is 0 Å². The van der Waals surface area contributed by atoms with E-state index in [1.807, 2.05) is 78.7 Å². The Balaban J connectivity index is 0.00000468. The Hall–Kier alpha value is -4.66. The van der Waals surface area contributed by atoms with Crippen LogP contribution in [0.15, 0.2) is 103 Å². The summed E-state index contributed by atoms with van der Waals surface area (Å²) in [5, 5.41) is 7.05. The molecule has 2 aliphatic rings. The van der Waals surface area contributed by atoms with Crippen LogP contribution in [0.1, 0.15) is 34.0 Å². The van der Waals surface area contributed by atoms with Gasteiger partial charge in [-0.2, -0.15) is 0 Å². The molecule has 4 aromatic rings. The highest BCUT2D eigenvalue weighted by atomic mass is 35.5. The van der Waals surface area contributed by atoms with Crippen LogP contribution in [0.3, 0.4) is 0 Å². The smallest absolute Gasteiger partial charge is 0.255 e. The molecule has 8 nitrogen and oxygen atoms in total. The third kappa shape index (κ3) is 8.06. The monoisotopic (exact) mass is 665 g/mol. The Labute approximate surface area is 289 Å². The van der Waals surface area contributed by atoms with E-state index in [4.69, 9.17) is 11.6 Å². The summed E-state index contributed by atoms with van der Waals surface area (Å²) < 4.78 is 0. The summed E-state index contributed by atoms with van der Waals surface area (Å²) in [5.74, 6) is -0.317. The number of para-hydroxylation sites is 1. The Morgan fingerprint density at radius 1 is 0.854 bits per heavy atom. The number of nitrogens with zero attached hydrogens (tertiary/aromatic N) is 3. The van der Waals surface area contributed by atoms with Gasteiger partial charge in [0, 0.05) is 64.9 Å². The van der Waals surface area contributed by atoms with Gasteiger partial charge in [-0.05, 0) is 59.4 Å². The molecule has 48 heavy (non-hydrogen) atoms. The number of hydrogen-bond donors (Lipinski definition) is 2. The van der Waals surface area contributed by atoms with E-state index in [0.29, 0.717) is 62.7 Å². The van der Waals surface area contributed by atoms with Crippen LogP contribution < -0.4 is 15.5 Å². The zero-order chi connectivity index (χ0) is 33.5. The molecule has 0 aromatic heterocycles. The van der Waals surface area contributed by atoms with E-state index in [1.165, 1.54) is 11.1 Å². The molecule has 6 rings (SSSR count). The molecule has 0 spiro atoms. The van der Waals surface area contributed by atoms with Crippen LogP contribution in [0.4, 0.5) is 5.69 Å². The molecule has 0 aliphatic carbocycles. The lowest BCUT2D eigenvalue weighted by Crippen LogP contribution is -2.58. The van der Waals surface area contributed by atoms with E-state index >= 15 is 0 Å². The van der Waals surface area contributed by atoms with E-state index in [9.17, 15) is 14.4 Å². The zero-order valence-electron chi connectivity index (χ0n) is 27.3. The van der Waals surface area contributed by atoms with Crippen molar-refractivity contribution in [3.63, 3.8) is 0 Å². The van der Waals surface area contributed by atoms with Gasteiger partial charge in [-0.3, -0.25) is 14.4 Å². The third-order valence-electron chi connectivity index (χ3n) is 9.36. The molecular weight excluding hydrogens is 622 g/mol. The highest BCUT2D eigenvalue weighted by Gasteiger charge is 2.33. The molecule has 2 atom stereocenters. The SMILES string of the molecule is CN(CCc1ccccc1)C(=O)c1ccccc1N1CCN(C(=O)[C@@H](Cc2ccc(Cl)cc2)NC(=O)[C@@H]2Cc3ccccc3CN2)CC1.[HH]. The van der Waals surface area contributed by atoms with Crippen LogP contribution in [0.5, 0.6) is 0 Å². The number of piperazine rings is 1. The number of halogens is 1. The molecule has 2 heterocycles. The van der Waals surface area contributed by atoms with Gasteiger partial charge in [0.1, 0.15) is 6.04 Å². The minimum Gasteiger partial charge on any atom is -0.367 e. The first-order valence-corrected chi connectivity index (χ1v) is 17.0. The number of amides is 3. The minimum atomic E-state index is -0.726. The molecule has 2 N–H and O–H groups in total. The van der Waals surface area contributed by atoms with Gasteiger partial charge < -0.3 is 25.3 Å². The summed E-state index contributed by atoms with van der Waals surface area (Å²) in [7, 11) is 1.84. The van der Waals surface area contributed by atoms with Crippen molar-refractivity contribution in [2.24, 2.45) is 0 Å². The summed E-state index contributed by atoms with van der Waals surface area (Å²) in [6.45, 7) is 3.33. The molecule has 4 aromatic carbocycles. The molecule has 1 fully saturated rings. The van der Waals surface area contributed by atoms with Gasteiger partial charge in [-0.1, -0.05) is 90.5 Å². The summed E-state index contributed by atoms with van der Waals surface area (Å²) >= 11 is 6.13. The largest absolute Gasteiger partial charge is 0.367 e. The van der Waals surface area contributed by atoms with Gasteiger partial charge in [0.2, 0.25) is 11.8 Å². The third-order valence-corrected chi connectivity index (χ3v) is 9.61. The molecule has 3 amide bonds. The summed E-state index contributed by atoms with van der Waals surface area (Å²) in [5.41, 5.74) is 5.97. The number of benzene rings is 4. The summed E-state index contributed by atoms with van der Waals surface area (Å²) in [6, 6.07) is 32.2. The molecule has 0 bridgehead atoms. The lowest BCUT2D eigenvalue weighted by molar-refractivity contribution is -0.137. The molecule has 0 unspecified atom stereocenters. The van der Waals surface area contributed by atoms with E-state index < -0.39 is 12.1 Å². The number of likely N-dealkylation sites (N-methyl/N-ethyl adjacent to an activating group) is 1. The zero-order valence-corrected chi connectivity index (χ0v) is 28.0. The van der Waals surface area contributed by atoms with Crippen molar-refractivity contribution in [1.82, 2.24) is 20.4 Å². The number of hydrogen-bond acceptors (Lipinski definition) is 5. The lowest BCUT2D eigenvalue weighted by Gasteiger charge is -2.38. The molecule has 0 saturated carbocycles. The van der Waals surface area contributed by atoms with Gasteiger partial charge in [0.05, 0.1) is 11.6 Å². The van der Waals surface area contributed by atoms with Crippen LogP contribution in [-0.4, -0.2) is 79.4 Å². The van der Waals surface area contributed by atoms with Crippen molar-refractivity contribution < 1.29 is 15.8 Å². The predicted octanol–water partition coefficient (Wildman–Crippen LogP) is 4.99. The molecule has 2 aliphatic heterocycles. The molecular formula is C39H44ClN5O3. The summed E-state index contributed by atoms with van der Waals surface area (Å²) in [6.07, 6.45) is 1.71. The van der Waals surface area contributed by atoms with Crippen LogP contribution in [0, 0.1) is 0 Å². The van der Waals surface area contributed by atoms with Crippen molar-refractivity contribution in [1.29, 1.82) is 0 Å². The molecule has 9 heteroatoms. The van der Waals surface area contributed by atoms with Gasteiger partial charge in [0.15, 0.2) is 0 Å². The average Bonchev–Trinajstić information content (AvgIpc) is 3.14. The van der Waals surface area contributed by atoms with Crippen molar-refractivity contribution >= 4 is 35.0 Å². The fraction of sp³-hybridized carbons (Fsp3) is 0.308. The van der Waals surface area contributed by atoms with E-state index in [-0.39, 0.29) is 19.1 Å². The number of fused-ring (bicyclic) bond motifs is 1. The van der Waals surface area contributed by atoms with Gasteiger partial charge >= 0.3 is 0 Å². The first-order valence-electron chi connectivity index (χ1n) is 16.6. The maximum absolute atomic E-state index is 14.1. The number of rotatable bonds is 10. The lowest BCUT2D eigenvalue weighted by atomic mass is 9.95. The number of nitrogens with one attached hydrogen (secondary N) is 2. The minimum absolute atomic E-state index is 0. The average molecular weight is 666 g/mol. The van der Waals surface area contributed by atoms with E-state index in [2.05, 4.69) is 39.8 Å². The maximum atomic E-state index is 14.1. The van der Waals surface area contributed by atoms with E-state index in [1.54, 1.807) is 17.0 Å². The van der Waals surface area contributed by atoms with Crippen molar-refractivity contribution in [3.05, 3.63) is 136 Å². The Bertz CT molecular complexity index is 1730. The second kappa shape index (κ2) is 15.5. The Morgan fingerprint density at radius 2 is 1.52 bits per heavy atom. The van der Waals surface area contributed by atoms with Gasteiger partial charge in [-0.15, -0.1) is 0 Å². The quantitative estimate of drug-likeness (QED) is 0.249. The topological polar surface area (TPSA) is 85.0 Å². The predicted molar refractivity (Wildman–Crippen MR) is 192 cm³/mol. The molecule has 0 radical (unpaired) electrons. The van der Waals surface area contributed by atoms with Crippen LogP contribution in [0.25, 0.3) is 0 Å². The van der Waals surface area contributed by atoms with Gasteiger partial charge in [-0.25, -0.2) is 0 Å². The fourth-order valence-electron chi connectivity index (χ4n) is 6.54. The number of carbonyl (C=O) groups is 3. The van der Waals surface area contributed by atoms with E-state index in [0.717, 1.165) is 23.2 Å². The Kier molecular flexibility index (Phi) is 10.7. The van der Waals surface area contributed by atoms with Crippen molar-refractivity contribution in [2.75, 3.05) is 44.7 Å². The van der Waals surface area contributed by atoms with Crippen LogP contribution in [0.2, 0.25) is 5.02 Å². The Morgan fingerprint density at radius 3 is 2.27 bits per heavy atom. The fourth-order valence-corrected chi connectivity index (χ4v) is 6.66. The van der Waals surface area contributed by atoms with Crippen molar-refractivity contribution in [2.45, 2.75) is 37.9 Å². The van der Waals surface area contributed by atoms with Crippen LogP contribution in [-0.2, 0) is 35.4 Å². The molecule has 1 saturated heterocycles. The maximum Gasteiger partial charge on any atom is 0.255 e. The second-order valence-corrected chi connectivity index (χ2v) is 13.0. The normalized spacial score (nSPS) is 16.5.